The van der Waals surface area contributed by atoms with Gasteiger partial charge in [-0.25, -0.2) is 4.57 Å². The third-order valence-corrected chi connectivity index (χ3v) is 9.61. The maximum Gasteiger partial charge on any atom is 0.469 e. The standard InChI is InChI=1S/C40H71O9P/c1-4-6-7-8-9-10-11-12-16-19-22-25-29-37-38(49-37)30-27-32-40(42)48-36(34-47-50(43,44)45)33-46-39(41)31-26-23-20-17-14-13-15-18-21-24-28-35(3)5-2/h9-10,12,16,22,25,35-38H,4-8,11,13-15,17-21,23-24,26-34H2,1-3H3,(H2,43,44,45)/b10-9-,16-12-,25-22-/t35?,36-,37?,38?/m1/s1. The second kappa shape index (κ2) is 30.8. The molecule has 0 spiro atoms. The van der Waals surface area contributed by atoms with Crippen molar-refractivity contribution in [2.24, 2.45) is 5.92 Å². The highest BCUT2D eigenvalue weighted by Crippen LogP contribution is 2.36. The van der Waals surface area contributed by atoms with E-state index < -0.39 is 32.5 Å². The number of hydrogen-bond donors (Lipinski definition) is 2. The van der Waals surface area contributed by atoms with Crippen molar-refractivity contribution in [2.45, 2.75) is 187 Å². The zero-order valence-electron chi connectivity index (χ0n) is 31.7. The minimum absolute atomic E-state index is 0.116. The number of ether oxygens (including phenoxy) is 3. The van der Waals surface area contributed by atoms with Crippen molar-refractivity contribution in [3.63, 3.8) is 0 Å². The lowest BCUT2D eigenvalue weighted by atomic mass is 9.99. The Labute approximate surface area is 304 Å². The molecule has 0 bridgehead atoms. The Bertz CT molecular complexity index is 989. The monoisotopic (exact) mass is 726 g/mol. The highest BCUT2D eigenvalue weighted by atomic mass is 31.2. The predicted octanol–water partition coefficient (Wildman–Crippen LogP) is 10.6. The van der Waals surface area contributed by atoms with Gasteiger partial charge in [-0.15, -0.1) is 0 Å². The van der Waals surface area contributed by atoms with Crippen LogP contribution in [0.3, 0.4) is 0 Å². The molecule has 3 unspecified atom stereocenters. The highest BCUT2D eigenvalue weighted by Gasteiger charge is 2.36. The van der Waals surface area contributed by atoms with E-state index in [2.05, 4.69) is 61.8 Å². The summed E-state index contributed by atoms with van der Waals surface area (Å²) in [7, 11) is -4.78. The van der Waals surface area contributed by atoms with Gasteiger partial charge in [0, 0.05) is 12.8 Å². The number of allylic oxidation sites excluding steroid dienone is 5. The van der Waals surface area contributed by atoms with E-state index in [4.69, 9.17) is 24.0 Å². The van der Waals surface area contributed by atoms with E-state index in [0.29, 0.717) is 12.8 Å². The maximum absolute atomic E-state index is 12.4. The first-order valence-corrected chi connectivity index (χ1v) is 21.3. The minimum Gasteiger partial charge on any atom is -0.462 e. The van der Waals surface area contributed by atoms with Gasteiger partial charge in [0.1, 0.15) is 6.61 Å². The molecule has 50 heavy (non-hydrogen) atoms. The number of carbonyl (C=O) groups excluding carboxylic acids is 2. The highest BCUT2D eigenvalue weighted by molar-refractivity contribution is 7.46. The van der Waals surface area contributed by atoms with Crippen molar-refractivity contribution in [2.75, 3.05) is 13.2 Å². The fraction of sp³-hybridized carbons (Fsp3) is 0.800. The molecule has 1 rings (SSSR count). The number of hydrogen-bond acceptors (Lipinski definition) is 7. The van der Waals surface area contributed by atoms with Gasteiger partial charge >= 0.3 is 19.8 Å². The average Bonchev–Trinajstić information content (AvgIpc) is 3.84. The van der Waals surface area contributed by atoms with E-state index in [1.165, 1.54) is 77.0 Å². The molecule has 2 N–H and O–H groups in total. The molecule has 0 aromatic rings. The van der Waals surface area contributed by atoms with Gasteiger partial charge in [0.2, 0.25) is 0 Å². The van der Waals surface area contributed by atoms with Gasteiger partial charge in [-0.05, 0) is 57.3 Å². The minimum atomic E-state index is -4.78. The van der Waals surface area contributed by atoms with Crippen molar-refractivity contribution < 1.29 is 42.7 Å². The molecule has 10 heteroatoms. The third-order valence-electron chi connectivity index (χ3n) is 9.13. The Morgan fingerprint density at radius 1 is 0.720 bits per heavy atom. The van der Waals surface area contributed by atoms with Gasteiger partial charge in [0.25, 0.3) is 0 Å². The van der Waals surface area contributed by atoms with Crippen LogP contribution in [0.25, 0.3) is 0 Å². The fourth-order valence-electron chi connectivity index (χ4n) is 5.67. The largest absolute Gasteiger partial charge is 0.469 e. The van der Waals surface area contributed by atoms with Crippen LogP contribution >= 0.6 is 7.82 Å². The van der Waals surface area contributed by atoms with Gasteiger partial charge in [0.05, 0.1) is 18.8 Å². The summed E-state index contributed by atoms with van der Waals surface area (Å²) < 4.78 is 32.1. The molecule has 1 aliphatic heterocycles. The molecule has 0 aromatic heterocycles. The molecule has 1 saturated heterocycles. The SMILES string of the molecule is CCCCC/C=C\C/C=C\C/C=C\CC1OC1CCCC(=O)O[C@H](COC(=O)CCCCCCCCCCCCC(C)CC)COP(=O)(O)O. The summed E-state index contributed by atoms with van der Waals surface area (Å²) in [6, 6.07) is 0. The summed E-state index contributed by atoms with van der Waals surface area (Å²) in [5.74, 6) is -0.114. The Kier molecular flexibility index (Phi) is 28.5. The van der Waals surface area contributed by atoms with E-state index in [9.17, 15) is 14.2 Å². The van der Waals surface area contributed by atoms with Crippen molar-refractivity contribution in [3.05, 3.63) is 36.5 Å². The van der Waals surface area contributed by atoms with Crippen LogP contribution in [0.5, 0.6) is 0 Å². The molecular weight excluding hydrogens is 655 g/mol. The van der Waals surface area contributed by atoms with Crippen LogP contribution in [-0.4, -0.2) is 53.3 Å². The Morgan fingerprint density at radius 2 is 1.32 bits per heavy atom. The Balaban J connectivity index is 2.15. The summed E-state index contributed by atoms with van der Waals surface area (Å²) >= 11 is 0. The van der Waals surface area contributed by atoms with E-state index >= 15 is 0 Å². The smallest absolute Gasteiger partial charge is 0.462 e. The lowest BCUT2D eigenvalue weighted by Crippen LogP contribution is -2.29. The summed E-state index contributed by atoms with van der Waals surface area (Å²) in [6.07, 6.45) is 36.0. The van der Waals surface area contributed by atoms with Crippen molar-refractivity contribution >= 4 is 19.8 Å². The zero-order chi connectivity index (χ0) is 36.7. The van der Waals surface area contributed by atoms with Crippen molar-refractivity contribution in [3.8, 4) is 0 Å². The number of epoxide rings is 1. The van der Waals surface area contributed by atoms with E-state index in [-0.39, 0.29) is 31.7 Å². The van der Waals surface area contributed by atoms with Crippen LogP contribution in [0.1, 0.15) is 168 Å². The van der Waals surface area contributed by atoms with Gasteiger partial charge in [0.15, 0.2) is 6.10 Å². The third kappa shape index (κ3) is 29.9. The molecule has 0 radical (unpaired) electrons. The number of rotatable bonds is 34. The van der Waals surface area contributed by atoms with Crippen LogP contribution in [0.15, 0.2) is 36.5 Å². The second-order valence-corrected chi connectivity index (χ2v) is 15.1. The first-order chi connectivity index (χ1) is 24.1. The second-order valence-electron chi connectivity index (χ2n) is 13.9. The van der Waals surface area contributed by atoms with Crippen molar-refractivity contribution in [1.29, 1.82) is 0 Å². The topological polar surface area (TPSA) is 132 Å². The summed E-state index contributed by atoms with van der Waals surface area (Å²) in [5.41, 5.74) is 0. The molecule has 0 amide bonds. The van der Waals surface area contributed by atoms with Crippen LogP contribution in [0.4, 0.5) is 0 Å². The van der Waals surface area contributed by atoms with Gasteiger partial charge in [-0.3, -0.25) is 14.1 Å². The normalized spacial score (nSPS) is 17.5. The van der Waals surface area contributed by atoms with Crippen LogP contribution in [-0.2, 0) is 32.9 Å². The summed E-state index contributed by atoms with van der Waals surface area (Å²) in [4.78, 5) is 42.9. The quantitative estimate of drug-likeness (QED) is 0.0219. The van der Waals surface area contributed by atoms with Gasteiger partial charge in [-0.2, -0.15) is 0 Å². The molecule has 9 nitrogen and oxygen atoms in total. The molecular formula is C40H71O9P. The molecule has 4 atom stereocenters. The molecule has 0 aliphatic carbocycles. The molecule has 0 aromatic carbocycles. The maximum atomic E-state index is 12.4. The number of unbranched alkanes of at least 4 members (excludes halogenated alkanes) is 12. The molecule has 1 heterocycles. The average molecular weight is 727 g/mol. The number of carbonyl (C=O) groups is 2. The van der Waals surface area contributed by atoms with Crippen LogP contribution < -0.4 is 0 Å². The fourth-order valence-corrected chi connectivity index (χ4v) is 6.03. The van der Waals surface area contributed by atoms with Crippen molar-refractivity contribution in [1.82, 2.24) is 0 Å². The predicted molar refractivity (Wildman–Crippen MR) is 202 cm³/mol. The Morgan fingerprint density at radius 3 is 1.96 bits per heavy atom. The molecule has 1 aliphatic rings. The summed E-state index contributed by atoms with van der Waals surface area (Å²) in [6.45, 7) is 5.93. The van der Waals surface area contributed by atoms with Crippen LogP contribution in [0, 0.1) is 5.92 Å². The molecule has 0 saturated carbocycles. The number of phosphoric acid groups is 1. The molecule has 290 valence electrons. The number of phosphoric ester groups is 1. The lowest BCUT2D eigenvalue weighted by Gasteiger charge is -2.18. The lowest BCUT2D eigenvalue weighted by molar-refractivity contribution is -0.161. The first-order valence-electron chi connectivity index (χ1n) is 19.8. The zero-order valence-corrected chi connectivity index (χ0v) is 32.5. The van der Waals surface area contributed by atoms with Gasteiger partial charge < -0.3 is 24.0 Å². The van der Waals surface area contributed by atoms with E-state index in [0.717, 1.165) is 50.9 Å². The van der Waals surface area contributed by atoms with Crippen LogP contribution in [0.2, 0.25) is 0 Å². The van der Waals surface area contributed by atoms with Gasteiger partial charge in [-0.1, -0.05) is 141 Å². The molecule has 1 fully saturated rings. The van der Waals surface area contributed by atoms with E-state index in [1.54, 1.807) is 0 Å². The summed E-state index contributed by atoms with van der Waals surface area (Å²) in [5, 5.41) is 0. The first kappa shape index (κ1) is 46.3. The Hall–Kier alpha value is -1.77. The van der Waals surface area contributed by atoms with E-state index in [1.807, 2.05) is 0 Å². The number of esters is 2.